The van der Waals surface area contributed by atoms with Gasteiger partial charge >= 0.3 is 0 Å². The molecule has 2 atom stereocenters. The summed E-state index contributed by atoms with van der Waals surface area (Å²) in [5.41, 5.74) is 7.21. The van der Waals surface area contributed by atoms with Crippen LogP contribution in [-0.4, -0.2) is 49.4 Å². The third kappa shape index (κ3) is 4.30. The fourth-order valence-electron chi connectivity index (χ4n) is 2.09. The maximum atomic E-state index is 11.8. The first-order valence-corrected chi connectivity index (χ1v) is 7.04. The summed E-state index contributed by atoms with van der Waals surface area (Å²) in [4.78, 5) is 15.4. The molecule has 0 fully saturated rings. The van der Waals surface area contributed by atoms with Crippen LogP contribution in [0.15, 0.2) is 28.7 Å². The van der Waals surface area contributed by atoms with Gasteiger partial charge in [0.15, 0.2) is 0 Å². The maximum Gasteiger partial charge on any atom is 0.236 e. The monoisotopic (exact) mass is 327 g/mol. The Kier molecular flexibility index (Phi) is 5.97. The van der Waals surface area contributed by atoms with Crippen molar-refractivity contribution >= 4 is 21.8 Å². The Labute approximate surface area is 123 Å². The molecular formula is C14H22BrN3O. The normalized spacial score (nSPS) is 14.3. The Morgan fingerprint density at radius 1 is 1.32 bits per heavy atom. The fourth-order valence-corrected chi connectivity index (χ4v) is 2.61. The number of hydrogen-bond acceptors (Lipinski definition) is 3. The molecule has 0 bridgehead atoms. The molecule has 1 aromatic carbocycles. The zero-order chi connectivity index (χ0) is 14.6. The summed E-state index contributed by atoms with van der Waals surface area (Å²) in [6.07, 6.45) is 0. The second-order valence-electron chi connectivity index (χ2n) is 5.03. The predicted octanol–water partition coefficient (Wildman–Crippen LogP) is 1.86. The zero-order valence-corrected chi connectivity index (χ0v) is 13.5. The van der Waals surface area contributed by atoms with Crippen molar-refractivity contribution in [2.75, 3.05) is 27.7 Å². The number of halogens is 1. The highest BCUT2D eigenvalue weighted by Gasteiger charge is 2.24. The predicted molar refractivity (Wildman–Crippen MR) is 81.9 cm³/mol. The number of benzene rings is 1. The minimum atomic E-state index is -0.0707. The van der Waals surface area contributed by atoms with Crippen LogP contribution < -0.4 is 5.73 Å². The molecule has 0 radical (unpaired) electrons. The SMILES string of the molecule is CC(N)C(c1ccccc1Br)N(C)CC(=O)N(C)C. The molecule has 2 N–H and O–H groups in total. The summed E-state index contributed by atoms with van der Waals surface area (Å²) in [6.45, 7) is 2.31. The van der Waals surface area contributed by atoms with E-state index >= 15 is 0 Å². The van der Waals surface area contributed by atoms with Gasteiger partial charge in [-0.2, -0.15) is 0 Å². The smallest absolute Gasteiger partial charge is 0.236 e. The van der Waals surface area contributed by atoms with Crippen LogP contribution in [-0.2, 0) is 4.79 Å². The van der Waals surface area contributed by atoms with Crippen LogP contribution in [0.3, 0.4) is 0 Å². The number of hydrogen-bond donors (Lipinski definition) is 1. The van der Waals surface area contributed by atoms with Gasteiger partial charge in [-0.15, -0.1) is 0 Å². The van der Waals surface area contributed by atoms with E-state index < -0.39 is 0 Å². The van der Waals surface area contributed by atoms with Gasteiger partial charge in [-0.3, -0.25) is 9.69 Å². The van der Waals surface area contributed by atoms with E-state index in [1.54, 1.807) is 19.0 Å². The van der Waals surface area contributed by atoms with Gasteiger partial charge < -0.3 is 10.6 Å². The molecule has 0 saturated heterocycles. The standard InChI is InChI=1S/C14H22BrN3O/c1-10(16)14(11-7-5-6-8-12(11)15)18(4)9-13(19)17(2)3/h5-8,10,14H,9,16H2,1-4H3. The third-order valence-electron chi connectivity index (χ3n) is 3.08. The number of carbonyl (C=O) groups is 1. The van der Waals surface area contributed by atoms with E-state index in [1.807, 2.05) is 43.1 Å². The molecule has 4 nitrogen and oxygen atoms in total. The summed E-state index contributed by atoms with van der Waals surface area (Å²) in [7, 11) is 5.44. The molecule has 0 heterocycles. The average molecular weight is 328 g/mol. The topological polar surface area (TPSA) is 49.6 Å². The Bertz CT molecular complexity index is 434. The van der Waals surface area contributed by atoms with Crippen LogP contribution >= 0.6 is 15.9 Å². The van der Waals surface area contributed by atoms with E-state index in [-0.39, 0.29) is 18.0 Å². The fraction of sp³-hybridized carbons (Fsp3) is 0.500. The van der Waals surface area contributed by atoms with E-state index in [9.17, 15) is 4.79 Å². The Morgan fingerprint density at radius 3 is 2.37 bits per heavy atom. The average Bonchev–Trinajstić information content (AvgIpc) is 2.31. The molecule has 0 spiro atoms. The van der Waals surface area contributed by atoms with Crippen molar-refractivity contribution in [1.82, 2.24) is 9.80 Å². The number of nitrogens with zero attached hydrogens (tertiary/aromatic N) is 2. The first-order valence-electron chi connectivity index (χ1n) is 6.25. The first-order chi connectivity index (χ1) is 8.84. The van der Waals surface area contributed by atoms with E-state index in [4.69, 9.17) is 5.73 Å². The molecule has 0 saturated carbocycles. The summed E-state index contributed by atoms with van der Waals surface area (Å²) >= 11 is 3.55. The van der Waals surface area contributed by atoms with Gasteiger partial charge in [0.2, 0.25) is 5.91 Å². The summed E-state index contributed by atoms with van der Waals surface area (Å²) in [5, 5.41) is 0. The molecule has 106 valence electrons. The van der Waals surface area contributed by atoms with Gasteiger partial charge in [0, 0.05) is 24.6 Å². The van der Waals surface area contributed by atoms with Crippen molar-refractivity contribution < 1.29 is 4.79 Å². The summed E-state index contributed by atoms with van der Waals surface area (Å²) in [5.74, 6) is 0.0696. The molecule has 0 aliphatic rings. The molecule has 1 rings (SSSR count). The van der Waals surface area contributed by atoms with E-state index in [0.717, 1.165) is 10.0 Å². The lowest BCUT2D eigenvalue weighted by Gasteiger charge is -2.32. The van der Waals surface area contributed by atoms with Gasteiger partial charge in [-0.05, 0) is 25.6 Å². The van der Waals surface area contributed by atoms with E-state index in [2.05, 4.69) is 15.9 Å². The number of rotatable bonds is 5. The van der Waals surface area contributed by atoms with Gasteiger partial charge in [-0.25, -0.2) is 0 Å². The van der Waals surface area contributed by atoms with Crippen LogP contribution in [0.1, 0.15) is 18.5 Å². The zero-order valence-electron chi connectivity index (χ0n) is 11.9. The molecule has 0 aromatic heterocycles. The third-order valence-corrected chi connectivity index (χ3v) is 3.80. The lowest BCUT2D eigenvalue weighted by molar-refractivity contribution is -0.130. The highest BCUT2D eigenvalue weighted by Crippen LogP contribution is 2.28. The van der Waals surface area contributed by atoms with Crippen LogP contribution in [0.4, 0.5) is 0 Å². The maximum absolute atomic E-state index is 11.8. The highest BCUT2D eigenvalue weighted by atomic mass is 79.9. The lowest BCUT2D eigenvalue weighted by Crippen LogP contribution is -2.42. The summed E-state index contributed by atoms with van der Waals surface area (Å²) < 4.78 is 1.02. The lowest BCUT2D eigenvalue weighted by atomic mass is 9.99. The molecule has 1 aromatic rings. The molecule has 5 heteroatoms. The van der Waals surface area contributed by atoms with Crippen molar-refractivity contribution in [3.05, 3.63) is 34.3 Å². The largest absolute Gasteiger partial charge is 0.348 e. The van der Waals surface area contributed by atoms with Gasteiger partial charge in [0.1, 0.15) is 0 Å². The van der Waals surface area contributed by atoms with Gasteiger partial charge in [0.05, 0.1) is 12.6 Å². The Balaban J connectivity index is 2.96. The van der Waals surface area contributed by atoms with Crippen LogP contribution in [0, 0.1) is 0 Å². The van der Waals surface area contributed by atoms with Crippen LogP contribution in [0.5, 0.6) is 0 Å². The number of likely N-dealkylation sites (N-methyl/N-ethyl adjacent to an activating group) is 2. The number of amides is 1. The highest BCUT2D eigenvalue weighted by molar-refractivity contribution is 9.10. The van der Waals surface area contributed by atoms with Crippen LogP contribution in [0.25, 0.3) is 0 Å². The number of nitrogens with two attached hydrogens (primary N) is 1. The quantitative estimate of drug-likeness (QED) is 0.898. The second kappa shape index (κ2) is 7.03. The molecule has 0 aliphatic heterocycles. The summed E-state index contributed by atoms with van der Waals surface area (Å²) in [6, 6.07) is 7.91. The van der Waals surface area contributed by atoms with Crippen molar-refractivity contribution in [2.45, 2.75) is 19.0 Å². The van der Waals surface area contributed by atoms with E-state index in [1.165, 1.54) is 0 Å². The van der Waals surface area contributed by atoms with Crippen molar-refractivity contribution in [3.63, 3.8) is 0 Å². The molecule has 1 amide bonds. The minimum absolute atomic E-state index is 0.000486. The van der Waals surface area contributed by atoms with Gasteiger partial charge in [0.25, 0.3) is 0 Å². The molecule has 2 unspecified atom stereocenters. The Hall–Kier alpha value is -0.910. The minimum Gasteiger partial charge on any atom is -0.348 e. The van der Waals surface area contributed by atoms with Crippen LogP contribution in [0.2, 0.25) is 0 Å². The molecule has 19 heavy (non-hydrogen) atoms. The molecular weight excluding hydrogens is 306 g/mol. The first kappa shape index (κ1) is 16.1. The number of carbonyl (C=O) groups excluding carboxylic acids is 1. The van der Waals surface area contributed by atoms with Crippen molar-refractivity contribution in [2.24, 2.45) is 5.73 Å². The van der Waals surface area contributed by atoms with Crippen molar-refractivity contribution in [1.29, 1.82) is 0 Å². The van der Waals surface area contributed by atoms with Crippen molar-refractivity contribution in [3.8, 4) is 0 Å². The second-order valence-corrected chi connectivity index (χ2v) is 5.88. The Morgan fingerprint density at radius 2 is 1.89 bits per heavy atom. The van der Waals surface area contributed by atoms with Gasteiger partial charge in [-0.1, -0.05) is 34.1 Å². The molecule has 0 aliphatic carbocycles. The van der Waals surface area contributed by atoms with E-state index in [0.29, 0.717) is 6.54 Å².